The second-order valence-corrected chi connectivity index (χ2v) is 3.23. The van der Waals surface area contributed by atoms with E-state index in [9.17, 15) is 0 Å². The molecule has 1 rings (SSSR count). The smallest absolute Gasteiger partial charge is 0.0998 e. The molecule has 0 aromatic heterocycles. The molecule has 0 heterocycles. The van der Waals surface area contributed by atoms with Crippen molar-refractivity contribution in [1.82, 2.24) is 0 Å². The van der Waals surface area contributed by atoms with Crippen molar-refractivity contribution in [2.24, 2.45) is 0 Å². The molecule has 0 fully saturated rings. The maximum atomic E-state index is 8.78. The molecule has 1 nitrogen and oxygen atoms in total. The van der Waals surface area contributed by atoms with E-state index >= 15 is 0 Å². The van der Waals surface area contributed by atoms with Crippen LogP contribution in [0.5, 0.6) is 0 Å². The highest BCUT2D eigenvalue weighted by Gasteiger charge is 1.98. The molecule has 0 spiro atoms. The highest BCUT2D eigenvalue weighted by Crippen LogP contribution is 2.16. The monoisotopic (exact) mass is 209 g/mol. The summed E-state index contributed by atoms with van der Waals surface area (Å²) in [5.74, 6) is 0.660. The Morgan fingerprint density at radius 1 is 1.54 bits per heavy atom. The van der Waals surface area contributed by atoms with Gasteiger partial charge < -0.3 is 0 Å². The van der Waals surface area contributed by atoms with Crippen LogP contribution in [0.15, 0.2) is 24.3 Å². The summed E-state index contributed by atoms with van der Waals surface area (Å²) in [6.45, 7) is 0. The van der Waals surface area contributed by atoms with Crippen molar-refractivity contribution in [3.63, 3.8) is 0 Å². The molecule has 0 aliphatic heterocycles. The SMILES string of the molecule is N#Cc1cc(Cl)ccc1C=CCS. The summed E-state index contributed by atoms with van der Waals surface area (Å²) in [7, 11) is 0. The van der Waals surface area contributed by atoms with Gasteiger partial charge in [-0.1, -0.05) is 29.8 Å². The molecule has 1 aromatic rings. The van der Waals surface area contributed by atoms with Crippen LogP contribution in [0.25, 0.3) is 6.08 Å². The summed E-state index contributed by atoms with van der Waals surface area (Å²) in [5.41, 5.74) is 1.46. The minimum Gasteiger partial charge on any atom is -0.192 e. The molecule has 0 saturated heterocycles. The van der Waals surface area contributed by atoms with Crippen LogP contribution in [-0.4, -0.2) is 5.75 Å². The quantitative estimate of drug-likeness (QED) is 0.744. The van der Waals surface area contributed by atoms with Crippen molar-refractivity contribution in [3.05, 3.63) is 40.4 Å². The zero-order valence-corrected chi connectivity index (χ0v) is 8.52. The van der Waals surface area contributed by atoms with Crippen LogP contribution in [0, 0.1) is 11.3 Å². The molecule has 66 valence electrons. The predicted molar refractivity (Wildman–Crippen MR) is 59.1 cm³/mol. The number of hydrogen-bond acceptors (Lipinski definition) is 2. The van der Waals surface area contributed by atoms with Crippen LogP contribution in [0.3, 0.4) is 0 Å². The largest absolute Gasteiger partial charge is 0.192 e. The van der Waals surface area contributed by atoms with Gasteiger partial charge in [0.25, 0.3) is 0 Å². The van der Waals surface area contributed by atoms with Crippen LogP contribution in [0.2, 0.25) is 5.02 Å². The lowest BCUT2D eigenvalue weighted by Gasteiger charge is -1.97. The molecule has 0 bridgehead atoms. The number of nitrogens with zero attached hydrogens (tertiary/aromatic N) is 1. The Morgan fingerprint density at radius 2 is 2.31 bits per heavy atom. The standard InChI is InChI=1S/C10H8ClNS/c11-10-4-3-8(2-1-5-13)9(6-10)7-12/h1-4,6,13H,5H2. The number of benzene rings is 1. The molecule has 0 unspecified atom stereocenters. The van der Waals surface area contributed by atoms with Crippen molar-refractivity contribution in [1.29, 1.82) is 5.26 Å². The van der Waals surface area contributed by atoms with Crippen LogP contribution in [0.4, 0.5) is 0 Å². The Kier molecular flexibility index (Phi) is 3.88. The molecule has 0 radical (unpaired) electrons. The summed E-state index contributed by atoms with van der Waals surface area (Å²) in [6, 6.07) is 7.32. The molecule has 0 amide bonds. The minimum atomic E-state index is 0.583. The van der Waals surface area contributed by atoms with Gasteiger partial charge in [0.15, 0.2) is 0 Å². The van der Waals surface area contributed by atoms with Crippen molar-refractivity contribution < 1.29 is 0 Å². The second-order valence-electron chi connectivity index (χ2n) is 2.43. The fraction of sp³-hybridized carbons (Fsp3) is 0.100. The molecular weight excluding hydrogens is 202 g/mol. The lowest BCUT2D eigenvalue weighted by atomic mass is 10.1. The van der Waals surface area contributed by atoms with E-state index in [0.29, 0.717) is 16.3 Å². The highest BCUT2D eigenvalue weighted by atomic mass is 35.5. The summed E-state index contributed by atoms with van der Waals surface area (Å²) in [4.78, 5) is 0. The number of rotatable bonds is 2. The molecule has 0 N–H and O–H groups in total. The lowest BCUT2D eigenvalue weighted by molar-refractivity contribution is 1.47. The van der Waals surface area contributed by atoms with E-state index in [1.807, 2.05) is 18.2 Å². The van der Waals surface area contributed by atoms with Crippen LogP contribution in [-0.2, 0) is 0 Å². The molecule has 0 aliphatic carbocycles. The fourth-order valence-corrected chi connectivity index (χ4v) is 1.23. The zero-order chi connectivity index (χ0) is 9.68. The van der Waals surface area contributed by atoms with Crippen LogP contribution in [0.1, 0.15) is 11.1 Å². The Labute approximate surface area is 88.1 Å². The normalized spacial score (nSPS) is 10.2. The maximum absolute atomic E-state index is 8.78. The van der Waals surface area contributed by atoms with Gasteiger partial charge in [0, 0.05) is 10.8 Å². The molecule has 0 aliphatic rings. The summed E-state index contributed by atoms with van der Waals surface area (Å²) >= 11 is 9.78. The van der Waals surface area contributed by atoms with Crippen molar-refractivity contribution in [3.8, 4) is 6.07 Å². The average Bonchev–Trinajstić information content (AvgIpc) is 2.16. The van der Waals surface area contributed by atoms with Crippen molar-refractivity contribution in [2.75, 3.05) is 5.75 Å². The van der Waals surface area contributed by atoms with Gasteiger partial charge in [-0.2, -0.15) is 17.9 Å². The third kappa shape index (κ3) is 2.80. The van der Waals surface area contributed by atoms with Crippen LogP contribution < -0.4 is 0 Å². The van der Waals surface area contributed by atoms with Gasteiger partial charge in [-0.25, -0.2) is 0 Å². The Hall–Kier alpha value is -0.910. The molecule has 3 heteroatoms. The third-order valence-corrected chi connectivity index (χ3v) is 1.98. The molecule has 13 heavy (non-hydrogen) atoms. The van der Waals surface area contributed by atoms with E-state index in [0.717, 1.165) is 5.56 Å². The zero-order valence-electron chi connectivity index (χ0n) is 6.87. The highest BCUT2D eigenvalue weighted by molar-refractivity contribution is 7.80. The first kappa shape index (κ1) is 10.2. The van der Waals surface area contributed by atoms with Crippen molar-refractivity contribution >= 4 is 30.3 Å². The van der Waals surface area contributed by atoms with E-state index < -0.39 is 0 Å². The number of hydrogen-bond donors (Lipinski definition) is 1. The van der Waals surface area contributed by atoms with E-state index in [1.165, 1.54) is 0 Å². The van der Waals surface area contributed by atoms with E-state index in [1.54, 1.807) is 12.1 Å². The first-order chi connectivity index (χ1) is 6.27. The van der Waals surface area contributed by atoms with Crippen LogP contribution >= 0.6 is 24.2 Å². The average molecular weight is 210 g/mol. The number of halogens is 1. The van der Waals surface area contributed by atoms with Gasteiger partial charge in [-0.15, -0.1) is 0 Å². The van der Waals surface area contributed by atoms with Gasteiger partial charge in [0.05, 0.1) is 11.6 Å². The minimum absolute atomic E-state index is 0.583. The first-order valence-electron chi connectivity index (χ1n) is 3.75. The molecular formula is C10H8ClNS. The summed E-state index contributed by atoms with van der Waals surface area (Å²) < 4.78 is 0. The van der Waals surface area contributed by atoms with Gasteiger partial charge in [0.2, 0.25) is 0 Å². The van der Waals surface area contributed by atoms with Gasteiger partial charge in [0.1, 0.15) is 0 Å². The Morgan fingerprint density at radius 3 is 2.92 bits per heavy atom. The molecule has 1 aromatic carbocycles. The van der Waals surface area contributed by atoms with E-state index in [2.05, 4.69) is 18.7 Å². The predicted octanol–water partition coefficient (Wildman–Crippen LogP) is 3.15. The second kappa shape index (κ2) is 4.96. The first-order valence-corrected chi connectivity index (χ1v) is 4.76. The fourth-order valence-electron chi connectivity index (χ4n) is 0.950. The van der Waals surface area contributed by atoms with Gasteiger partial charge >= 0.3 is 0 Å². The van der Waals surface area contributed by atoms with Gasteiger partial charge in [-0.3, -0.25) is 0 Å². The summed E-state index contributed by atoms with van der Waals surface area (Å²) in [5, 5.41) is 9.36. The number of nitriles is 1. The Balaban J connectivity index is 3.08. The van der Waals surface area contributed by atoms with Gasteiger partial charge in [-0.05, 0) is 17.7 Å². The van der Waals surface area contributed by atoms with E-state index in [-0.39, 0.29) is 0 Å². The molecule has 0 saturated carbocycles. The third-order valence-electron chi connectivity index (χ3n) is 1.54. The van der Waals surface area contributed by atoms with Crippen molar-refractivity contribution in [2.45, 2.75) is 0 Å². The van der Waals surface area contributed by atoms with E-state index in [4.69, 9.17) is 16.9 Å². The maximum Gasteiger partial charge on any atom is 0.0998 e. The topological polar surface area (TPSA) is 23.8 Å². The lowest BCUT2D eigenvalue weighted by Crippen LogP contribution is -1.81. The molecule has 0 atom stereocenters. The number of thiol groups is 1. The summed E-state index contributed by atoms with van der Waals surface area (Å²) in [6.07, 6.45) is 3.75. The Bertz CT molecular complexity index is 366.